The Morgan fingerprint density at radius 3 is 0.800 bits per heavy atom. The van der Waals surface area contributed by atoms with Crippen molar-refractivity contribution in [2.24, 2.45) is 0 Å². The van der Waals surface area contributed by atoms with Crippen molar-refractivity contribution in [3.05, 3.63) is 0 Å². The van der Waals surface area contributed by atoms with E-state index in [9.17, 15) is 0 Å². The molecular formula is C6H20O2Si2. The van der Waals surface area contributed by atoms with E-state index < -0.39 is 18.1 Å². The van der Waals surface area contributed by atoms with Gasteiger partial charge in [-0.25, -0.2) is 0 Å². The third kappa shape index (κ3) is 23.8. The largest absolute Gasteiger partial charge is 0.424 e. The first kappa shape index (κ1) is 13.0. The van der Waals surface area contributed by atoms with Gasteiger partial charge in [-0.2, -0.15) is 0 Å². The van der Waals surface area contributed by atoms with Crippen LogP contribution in [-0.2, 0) is 8.85 Å². The number of rotatable bonds is 2. The van der Waals surface area contributed by atoms with Crippen molar-refractivity contribution < 1.29 is 8.85 Å². The van der Waals surface area contributed by atoms with Crippen molar-refractivity contribution in [2.75, 3.05) is 14.2 Å². The van der Waals surface area contributed by atoms with E-state index in [0.717, 1.165) is 0 Å². The zero-order chi connectivity index (χ0) is 8.57. The summed E-state index contributed by atoms with van der Waals surface area (Å²) in [5.74, 6) is 0. The molecular weight excluding hydrogens is 160 g/mol. The maximum absolute atomic E-state index is 4.89. The van der Waals surface area contributed by atoms with Gasteiger partial charge in [0.1, 0.15) is 0 Å². The maximum Gasteiger partial charge on any atom is 0.170 e. The molecule has 0 aliphatic heterocycles. The van der Waals surface area contributed by atoms with Crippen LogP contribution in [0.25, 0.3) is 0 Å². The fraction of sp³-hybridized carbons (Fsp3) is 1.00. The molecule has 0 heterocycles. The third-order valence-electron chi connectivity index (χ3n) is 0.943. The summed E-state index contributed by atoms with van der Waals surface area (Å²) in [6.45, 7) is 8.56. The first-order valence-electron chi connectivity index (χ1n) is 3.60. The molecule has 4 heteroatoms. The SMILES string of the molecule is CO[SiH](C)C.CO[SiH](C)C. The monoisotopic (exact) mass is 180 g/mol. The van der Waals surface area contributed by atoms with Crippen molar-refractivity contribution in [3.63, 3.8) is 0 Å². The second kappa shape index (κ2) is 9.35. The summed E-state index contributed by atoms with van der Waals surface area (Å²) < 4.78 is 9.78. The van der Waals surface area contributed by atoms with Crippen LogP contribution in [0.2, 0.25) is 26.2 Å². The minimum absolute atomic E-state index is 0.650. The van der Waals surface area contributed by atoms with Crippen molar-refractivity contribution >= 4 is 18.1 Å². The summed E-state index contributed by atoms with van der Waals surface area (Å²) in [5.41, 5.74) is 0. The highest BCUT2D eigenvalue weighted by molar-refractivity contribution is 6.48. The second-order valence-electron chi connectivity index (χ2n) is 2.57. The first-order valence-corrected chi connectivity index (χ1v) is 9.16. The summed E-state index contributed by atoms with van der Waals surface area (Å²) >= 11 is 0. The van der Waals surface area contributed by atoms with Crippen molar-refractivity contribution in [1.82, 2.24) is 0 Å². The van der Waals surface area contributed by atoms with E-state index in [4.69, 9.17) is 8.85 Å². The van der Waals surface area contributed by atoms with Gasteiger partial charge in [0.2, 0.25) is 0 Å². The van der Waals surface area contributed by atoms with Crippen molar-refractivity contribution in [2.45, 2.75) is 26.2 Å². The van der Waals surface area contributed by atoms with E-state index in [2.05, 4.69) is 26.2 Å². The average Bonchev–Trinajstić information content (AvgIpc) is 1.89. The maximum atomic E-state index is 4.89. The Hall–Kier alpha value is 0.354. The van der Waals surface area contributed by atoms with E-state index >= 15 is 0 Å². The van der Waals surface area contributed by atoms with Crippen LogP contribution in [0.5, 0.6) is 0 Å². The van der Waals surface area contributed by atoms with Gasteiger partial charge >= 0.3 is 0 Å². The van der Waals surface area contributed by atoms with Crippen LogP contribution in [0.15, 0.2) is 0 Å². The molecule has 0 aliphatic rings. The molecule has 0 N–H and O–H groups in total. The topological polar surface area (TPSA) is 18.5 Å². The Bertz CT molecular complexity index is 49.7. The minimum atomic E-state index is -0.650. The molecule has 0 fully saturated rings. The Balaban J connectivity index is 0. The molecule has 64 valence electrons. The van der Waals surface area contributed by atoms with E-state index in [1.54, 1.807) is 14.2 Å². The van der Waals surface area contributed by atoms with Crippen LogP contribution in [0, 0.1) is 0 Å². The number of hydrogen-bond acceptors (Lipinski definition) is 2. The van der Waals surface area contributed by atoms with Gasteiger partial charge in [-0.15, -0.1) is 0 Å². The van der Waals surface area contributed by atoms with E-state index in [1.807, 2.05) is 0 Å². The standard InChI is InChI=1S/2C3H10OSi/c2*1-4-5(2)3/h2*5H,1-3H3. The molecule has 0 aromatic carbocycles. The molecule has 0 aromatic heterocycles. The molecule has 0 bridgehead atoms. The molecule has 0 aromatic rings. The first-order chi connectivity index (χ1) is 4.54. The lowest BCUT2D eigenvalue weighted by molar-refractivity contribution is 0.430. The van der Waals surface area contributed by atoms with E-state index in [1.165, 1.54) is 0 Å². The smallest absolute Gasteiger partial charge is 0.170 e. The molecule has 0 rings (SSSR count). The molecule has 0 radical (unpaired) electrons. The normalized spacial score (nSPS) is 9.60. The van der Waals surface area contributed by atoms with Crippen LogP contribution in [0.3, 0.4) is 0 Å². The fourth-order valence-corrected chi connectivity index (χ4v) is 0. The van der Waals surface area contributed by atoms with Gasteiger partial charge < -0.3 is 8.85 Å². The lowest BCUT2D eigenvalue weighted by Gasteiger charge is -1.92. The summed E-state index contributed by atoms with van der Waals surface area (Å²) in [6.07, 6.45) is 0. The quantitative estimate of drug-likeness (QED) is 0.595. The van der Waals surface area contributed by atoms with Gasteiger partial charge in [0.05, 0.1) is 0 Å². The molecule has 0 spiro atoms. The average molecular weight is 180 g/mol. The highest BCUT2D eigenvalue weighted by atomic mass is 28.3. The van der Waals surface area contributed by atoms with Crippen LogP contribution in [-0.4, -0.2) is 32.3 Å². The predicted molar refractivity (Wildman–Crippen MR) is 51.8 cm³/mol. The molecule has 10 heavy (non-hydrogen) atoms. The molecule has 0 unspecified atom stereocenters. The van der Waals surface area contributed by atoms with Crippen molar-refractivity contribution in [3.8, 4) is 0 Å². The Morgan fingerprint density at radius 2 is 0.800 bits per heavy atom. The molecule has 0 atom stereocenters. The van der Waals surface area contributed by atoms with E-state index in [-0.39, 0.29) is 0 Å². The van der Waals surface area contributed by atoms with Gasteiger partial charge in [-0.1, -0.05) is 0 Å². The lowest BCUT2D eigenvalue weighted by Crippen LogP contribution is -2.00. The molecule has 0 amide bonds. The molecule has 0 saturated carbocycles. The zero-order valence-corrected chi connectivity index (χ0v) is 10.3. The highest BCUT2D eigenvalue weighted by Gasteiger charge is 1.83. The summed E-state index contributed by atoms with van der Waals surface area (Å²) in [4.78, 5) is 0. The van der Waals surface area contributed by atoms with Crippen LogP contribution in [0.4, 0.5) is 0 Å². The molecule has 2 nitrogen and oxygen atoms in total. The van der Waals surface area contributed by atoms with Crippen LogP contribution < -0.4 is 0 Å². The Kier molecular flexibility index (Phi) is 12.1. The molecule has 0 aliphatic carbocycles. The van der Waals surface area contributed by atoms with Gasteiger partial charge in [-0.3, -0.25) is 0 Å². The van der Waals surface area contributed by atoms with Crippen LogP contribution in [0.1, 0.15) is 0 Å². The van der Waals surface area contributed by atoms with Gasteiger partial charge in [0.15, 0.2) is 18.1 Å². The second-order valence-corrected chi connectivity index (χ2v) is 7.71. The van der Waals surface area contributed by atoms with Gasteiger partial charge in [0, 0.05) is 14.2 Å². The van der Waals surface area contributed by atoms with E-state index in [0.29, 0.717) is 0 Å². The Labute approximate surface area is 68.0 Å². The Morgan fingerprint density at radius 1 is 0.700 bits per heavy atom. The zero-order valence-electron chi connectivity index (χ0n) is 7.97. The summed E-state index contributed by atoms with van der Waals surface area (Å²) in [7, 11) is 2.22. The predicted octanol–water partition coefficient (Wildman–Crippen LogP) is 1.23. The van der Waals surface area contributed by atoms with Gasteiger partial charge in [-0.05, 0) is 26.2 Å². The van der Waals surface area contributed by atoms with Gasteiger partial charge in [0.25, 0.3) is 0 Å². The molecule has 0 saturated heterocycles. The summed E-state index contributed by atoms with van der Waals surface area (Å²) in [5, 5.41) is 0. The number of hydrogen-bond donors (Lipinski definition) is 0. The lowest BCUT2D eigenvalue weighted by atomic mass is 11.8. The third-order valence-corrected chi connectivity index (χ3v) is 2.83. The van der Waals surface area contributed by atoms with Crippen LogP contribution >= 0.6 is 0 Å². The minimum Gasteiger partial charge on any atom is -0.424 e. The highest BCUT2D eigenvalue weighted by Crippen LogP contribution is 1.73. The fourth-order valence-electron chi connectivity index (χ4n) is 0. The summed E-state index contributed by atoms with van der Waals surface area (Å²) in [6, 6.07) is 0. The van der Waals surface area contributed by atoms with Crippen molar-refractivity contribution in [1.29, 1.82) is 0 Å².